The molecule has 1 rings (SSSR count). The first-order valence-corrected chi connectivity index (χ1v) is 9.83. The van der Waals surface area contributed by atoms with Crippen molar-refractivity contribution in [3.63, 3.8) is 0 Å². The third kappa shape index (κ3) is 5.29. The van der Waals surface area contributed by atoms with E-state index in [1.54, 1.807) is 19.2 Å². The summed E-state index contributed by atoms with van der Waals surface area (Å²) < 4.78 is 37.6. The number of anilines is 2. The standard InChI is InChI=1S/C13H23N3O3S2/c1-4-16-21(18,19)11-5-6-12(14)13(9-11)15-8-7-10(2)20(3)17/h5-6,9-10,15-16H,4,7-8,14H2,1-3H3. The molecule has 2 atom stereocenters. The highest BCUT2D eigenvalue weighted by atomic mass is 32.2. The molecule has 120 valence electrons. The molecule has 0 bridgehead atoms. The minimum Gasteiger partial charge on any atom is -0.397 e. The van der Waals surface area contributed by atoms with Crippen LogP contribution in [0.2, 0.25) is 0 Å². The highest BCUT2D eigenvalue weighted by molar-refractivity contribution is 7.89. The molecule has 21 heavy (non-hydrogen) atoms. The van der Waals surface area contributed by atoms with Gasteiger partial charge in [0, 0.05) is 35.4 Å². The van der Waals surface area contributed by atoms with Gasteiger partial charge in [-0.15, -0.1) is 0 Å². The third-order valence-electron chi connectivity index (χ3n) is 3.10. The van der Waals surface area contributed by atoms with Gasteiger partial charge >= 0.3 is 0 Å². The molecule has 0 aliphatic heterocycles. The second-order valence-corrected chi connectivity index (χ2v) is 8.34. The van der Waals surface area contributed by atoms with E-state index in [9.17, 15) is 12.6 Å². The van der Waals surface area contributed by atoms with Crippen molar-refractivity contribution in [3.8, 4) is 0 Å². The van der Waals surface area contributed by atoms with Crippen molar-refractivity contribution in [1.29, 1.82) is 0 Å². The Morgan fingerprint density at radius 3 is 2.62 bits per heavy atom. The van der Waals surface area contributed by atoms with Crippen LogP contribution < -0.4 is 15.8 Å². The summed E-state index contributed by atoms with van der Waals surface area (Å²) in [6.45, 7) is 4.54. The van der Waals surface area contributed by atoms with Crippen molar-refractivity contribution in [2.75, 3.05) is 30.4 Å². The van der Waals surface area contributed by atoms with Gasteiger partial charge in [-0.05, 0) is 24.6 Å². The predicted octanol–water partition coefficient (Wildman–Crippen LogP) is 1.14. The van der Waals surface area contributed by atoms with E-state index in [1.165, 1.54) is 12.1 Å². The van der Waals surface area contributed by atoms with Gasteiger partial charge in [-0.3, -0.25) is 4.21 Å². The van der Waals surface area contributed by atoms with Gasteiger partial charge in [0.05, 0.1) is 16.3 Å². The van der Waals surface area contributed by atoms with E-state index in [2.05, 4.69) is 10.0 Å². The van der Waals surface area contributed by atoms with Gasteiger partial charge in [0.2, 0.25) is 10.0 Å². The maximum absolute atomic E-state index is 11.9. The van der Waals surface area contributed by atoms with E-state index >= 15 is 0 Å². The molecule has 0 amide bonds. The van der Waals surface area contributed by atoms with Crippen molar-refractivity contribution in [2.24, 2.45) is 0 Å². The molecule has 8 heteroatoms. The lowest BCUT2D eigenvalue weighted by atomic mass is 10.2. The Bertz CT molecular complexity index is 603. The molecule has 1 aromatic carbocycles. The maximum Gasteiger partial charge on any atom is 0.240 e. The number of sulfonamides is 1. The Kier molecular flexibility index (Phi) is 6.63. The lowest BCUT2D eigenvalue weighted by molar-refractivity contribution is 0.584. The molecule has 0 aromatic heterocycles. The van der Waals surface area contributed by atoms with Crippen LogP contribution in [0.3, 0.4) is 0 Å². The van der Waals surface area contributed by atoms with Crippen LogP contribution in [0.5, 0.6) is 0 Å². The predicted molar refractivity (Wildman–Crippen MR) is 88.4 cm³/mol. The fourth-order valence-electron chi connectivity index (χ4n) is 1.71. The fraction of sp³-hybridized carbons (Fsp3) is 0.538. The number of nitrogens with two attached hydrogens (primary N) is 1. The molecule has 0 saturated carbocycles. The monoisotopic (exact) mass is 333 g/mol. The van der Waals surface area contributed by atoms with Crippen LogP contribution in [0.15, 0.2) is 23.1 Å². The minimum atomic E-state index is -3.50. The summed E-state index contributed by atoms with van der Waals surface area (Å²) in [6, 6.07) is 4.55. The van der Waals surface area contributed by atoms with Crippen LogP contribution in [0.1, 0.15) is 20.3 Å². The summed E-state index contributed by atoms with van der Waals surface area (Å²) in [5.74, 6) is 0. The van der Waals surface area contributed by atoms with Crippen LogP contribution >= 0.6 is 0 Å². The third-order valence-corrected chi connectivity index (χ3v) is 6.01. The summed E-state index contributed by atoms with van der Waals surface area (Å²) in [7, 11) is -4.37. The molecule has 4 N–H and O–H groups in total. The Hall–Kier alpha value is -1.12. The SMILES string of the molecule is CCNS(=O)(=O)c1ccc(N)c(NCCC(C)S(C)=O)c1. The van der Waals surface area contributed by atoms with Crippen LogP contribution in [0, 0.1) is 0 Å². The number of nitrogens with one attached hydrogen (secondary N) is 2. The lowest BCUT2D eigenvalue weighted by Gasteiger charge is -2.13. The molecule has 0 saturated heterocycles. The first-order valence-electron chi connectivity index (χ1n) is 6.73. The van der Waals surface area contributed by atoms with E-state index in [1.807, 2.05) is 6.92 Å². The molecule has 0 aliphatic carbocycles. The Morgan fingerprint density at radius 1 is 1.38 bits per heavy atom. The fourth-order valence-corrected chi connectivity index (χ4v) is 3.22. The summed E-state index contributed by atoms with van der Waals surface area (Å²) >= 11 is 0. The zero-order chi connectivity index (χ0) is 16.0. The Labute approximate surface area is 129 Å². The summed E-state index contributed by atoms with van der Waals surface area (Å²) in [4.78, 5) is 0.174. The quantitative estimate of drug-likeness (QED) is 0.619. The van der Waals surface area contributed by atoms with Gasteiger partial charge in [-0.25, -0.2) is 13.1 Å². The van der Waals surface area contributed by atoms with E-state index < -0.39 is 20.8 Å². The van der Waals surface area contributed by atoms with Crippen molar-refractivity contribution < 1.29 is 12.6 Å². The van der Waals surface area contributed by atoms with Gasteiger partial charge in [0.15, 0.2) is 0 Å². The van der Waals surface area contributed by atoms with Crippen LogP contribution in [0.25, 0.3) is 0 Å². The second kappa shape index (κ2) is 7.77. The molecule has 2 unspecified atom stereocenters. The van der Waals surface area contributed by atoms with Gasteiger partial charge < -0.3 is 11.1 Å². The van der Waals surface area contributed by atoms with Gasteiger partial charge in [0.1, 0.15) is 0 Å². The van der Waals surface area contributed by atoms with Gasteiger partial charge in [-0.2, -0.15) is 0 Å². The second-order valence-electron chi connectivity index (χ2n) is 4.78. The summed E-state index contributed by atoms with van der Waals surface area (Å²) in [6.07, 6.45) is 2.38. The van der Waals surface area contributed by atoms with E-state index in [0.29, 0.717) is 30.9 Å². The Morgan fingerprint density at radius 2 is 2.05 bits per heavy atom. The smallest absolute Gasteiger partial charge is 0.240 e. The van der Waals surface area contributed by atoms with E-state index in [0.717, 1.165) is 0 Å². The minimum absolute atomic E-state index is 0.0763. The highest BCUT2D eigenvalue weighted by Gasteiger charge is 2.14. The average molecular weight is 333 g/mol. The molecular formula is C13H23N3O3S2. The van der Waals surface area contributed by atoms with Crippen molar-refractivity contribution in [3.05, 3.63) is 18.2 Å². The normalized spacial score (nSPS) is 14.6. The largest absolute Gasteiger partial charge is 0.397 e. The van der Waals surface area contributed by atoms with E-state index in [-0.39, 0.29) is 10.1 Å². The van der Waals surface area contributed by atoms with Gasteiger partial charge in [0.25, 0.3) is 0 Å². The Balaban J connectivity index is 2.81. The molecule has 0 heterocycles. The maximum atomic E-state index is 11.9. The van der Waals surface area contributed by atoms with Gasteiger partial charge in [-0.1, -0.05) is 13.8 Å². The highest BCUT2D eigenvalue weighted by Crippen LogP contribution is 2.22. The topological polar surface area (TPSA) is 101 Å². The molecule has 6 nitrogen and oxygen atoms in total. The zero-order valence-electron chi connectivity index (χ0n) is 12.5. The first-order chi connectivity index (χ1) is 9.77. The van der Waals surface area contributed by atoms with Crippen molar-refractivity contribution in [2.45, 2.75) is 30.4 Å². The van der Waals surface area contributed by atoms with Crippen molar-refractivity contribution in [1.82, 2.24) is 4.72 Å². The summed E-state index contributed by atoms with van der Waals surface area (Å²) in [5, 5.41) is 3.18. The van der Waals surface area contributed by atoms with Crippen molar-refractivity contribution >= 4 is 32.2 Å². The van der Waals surface area contributed by atoms with Crippen LogP contribution in [-0.4, -0.2) is 37.2 Å². The number of benzene rings is 1. The molecule has 0 radical (unpaired) electrons. The number of nitrogen functional groups attached to an aromatic ring is 1. The number of rotatable bonds is 8. The zero-order valence-corrected chi connectivity index (χ0v) is 14.2. The molecule has 1 aromatic rings. The molecule has 0 aliphatic rings. The lowest BCUT2D eigenvalue weighted by Crippen LogP contribution is -2.23. The number of hydrogen-bond acceptors (Lipinski definition) is 5. The first kappa shape index (κ1) is 17.9. The molecule has 0 fully saturated rings. The molecule has 0 spiro atoms. The van der Waals surface area contributed by atoms with E-state index in [4.69, 9.17) is 5.73 Å². The number of hydrogen-bond donors (Lipinski definition) is 3. The molecular weight excluding hydrogens is 310 g/mol. The summed E-state index contributed by atoms with van der Waals surface area (Å²) in [5.41, 5.74) is 6.90. The van der Waals surface area contributed by atoms with Crippen LogP contribution in [0.4, 0.5) is 11.4 Å². The average Bonchev–Trinajstić information content (AvgIpc) is 2.40. The van der Waals surface area contributed by atoms with Crippen LogP contribution in [-0.2, 0) is 20.8 Å².